The molecule has 1 aromatic heterocycles. The van der Waals surface area contributed by atoms with Gasteiger partial charge in [-0.1, -0.05) is 20.8 Å². The van der Waals surface area contributed by atoms with E-state index in [1.165, 1.54) is 0 Å². The van der Waals surface area contributed by atoms with E-state index in [4.69, 9.17) is 11.6 Å². The van der Waals surface area contributed by atoms with Crippen molar-refractivity contribution in [1.82, 2.24) is 10.3 Å². The van der Waals surface area contributed by atoms with E-state index in [1.807, 2.05) is 0 Å². The van der Waals surface area contributed by atoms with Crippen molar-refractivity contribution in [3.63, 3.8) is 0 Å². The monoisotopic (exact) mass is 254 g/mol. The largest absolute Gasteiger partial charge is 0.351 e. The Kier molecular flexibility index (Phi) is 4.94. The number of halogens is 1. The van der Waals surface area contributed by atoms with Gasteiger partial charge >= 0.3 is 0 Å². The van der Waals surface area contributed by atoms with Crippen molar-refractivity contribution in [3.8, 4) is 0 Å². The molecule has 1 rings (SSSR count). The smallest absolute Gasteiger partial charge is 0.252 e. The second-order valence-corrected chi connectivity index (χ2v) is 5.93. The van der Waals surface area contributed by atoms with Crippen LogP contribution >= 0.6 is 11.6 Å². The van der Waals surface area contributed by atoms with Gasteiger partial charge in [0, 0.05) is 18.9 Å². The first-order valence-electron chi connectivity index (χ1n) is 5.71. The molecule has 0 fully saturated rings. The zero-order chi connectivity index (χ0) is 12.9. The van der Waals surface area contributed by atoms with Gasteiger partial charge in [0.1, 0.15) is 0 Å². The van der Waals surface area contributed by atoms with Crippen LogP contribution in [0.5, 0.6) is 0 Å². The molecule has 0 saturated heterocycles. The van der Waals surface area contributed by atoms with E-state index in [0.29, 0.717) is 12.1 Å². The summed E-state index contributed by atoms with van der Waals surface area (Å²) in [6.07, 6.45) is 4.05. The van der Waals surface area contributed by atoms with Crippen LogP contribution in [0.2, 0.25) is 0 Å². The van der Waals surface area contributed by atoms with Gasteiger partial charge in [0.2, 0.25) is 0 Å². The molecule has 0 saturated carbocycles. The highest BCUT2D eigenvalue weighted by molar-refractivity contribution is 6.21. The maximum Gasteiger partial charge on any atom is 0.252 e. The molecule has 0 spiro atoms. The summed E-state index contributed by atoms with van der Waals surface area (Å²) in [6, 6.07) is 3.47. The molecule has 1 N–H and O–H groups in total. The van der Waals surface area contributed by atoms with E-state index < -0.39 is 0 Å². The van der Waals surface area contributed by atoms with Crippen molar-refractivity contribution < 1.29 is 4.79 Å². The molecule has 0 aromatic carbocycles. The first kappa shape index (κ1) is 14.0. The lowest BCUT2D eigenvalue weighted by atomic mass is 9.90. The van der Waals surface area contributed by atoms with Crippen molar-refractivity contribution in [3.05, 3.63) is 30.1 Å². The molecular formula is C13H19ClN2O. The Morgan fingerprint density at radius 1 is 1.53 bits per heavy atom. The minimum absolute atomic E-state index is 0.0457. The molecule has 4 heteroatoms. The van der Waals surface area contributed by atoms with E-state index >= 15 is 0 Å². The third-order valence-corrected chi connectivity index (χ3v) is 2.55. The lowest BCUT2D eigenvalue weighted by molar-refractivity contribution is 0.0951. The highest BCUT2D eigenvalue weighted by Crippen LogP contribution is 2.23. The number of alkyl halides is 1. The van der Waals surface area contributed by atoms with Crippen LogP contribution in [0.25, 0.3) is 0 Å². The van der Waals surface area contributed by atoms with Crippen molar-refractivity contribution in [2.75, 3.05) is 6.54 Å². The van der Waals surface area contributed by atoms with Crippen LogP contribution < -0.4 is 5.32 Å². The Bertz CT molecular complexity index is 359. The van der Waals surface area contributed by atoms with Gasteiger partial charge in [0.05, 0.1) is 10.9 Å². The number of amides is 1. The Balaban J connectivity index is 2.39. The van der Waals surface area contributed by atoms with E-state index in [9.17, 15) is 4.79 Å². The highest BCUT2D eigenvalue weighted by atomic mass is 35.5. The summed E-state index contributed by atoms with van der Waals surface area (Å²) in [5.41, 5.74) is 0.734. The van der Waals surface area contributed by atoms with E-state index in [1.54, 1.807) is 24.5 Å². The average Bonchev–Trinajstić information content (AvgIpc) is 2.25. The summed E-state index contributed by atoms with van der Waals surface area (Å²) in [6.45, 7) is 6.87. The minimum Gasteiger partial charge on any atom is -0.351 e. The van der Waals surface area contributed by atoms with Crippen molar-refractivity contribution in [1.29, 1.82) is 0 Å². The summed E-state index contributed by atoms with van der Waals surface area (Å²) >= 11 is 6.17. The van der Waals surface area contributed by atoms with Crippen LogP contribution in [0, 0.1) is 5.41 Å². The number of hydrogen-bond acceptors (Lipinski definition) is 2. The number of nitrogens with zero attached hydrogens (tertiary/aromatic N) is 1. The molecule has 0 radical (unpaired) electrons. The molecular weight excluding hydrogens is 236 g/mol. The fourth-order valence-corrected chi connectivity index (χ4v) is 2.08. The normalized spacial score (nSPS) is 13.2. The maximum atomic E-state index is 11.7. The summed E-state index contributed by atoms with van der Waals surface area (Å²) in [5.74, 6) is -0.127. The molecule has 0 aliphatic rings. The third kappa shape index (κ3) is 5.68. The SMILES string of the molecule is CC(C)(C)CC(Cl)CNC(=O)c1cccnc1. The number of nitrogens with one attached hydrogen (secondary N) is 1. The molecule has 1 unspecified atom stereocenters. The van der Waals surface area contributed by atoms with Crippen LogP contribution in [-0.4, -0.2) is 22.8 Å². The molecule has 0 aliphatic carbocycles. The second kappa shape index (κ2) is 6.01. The summed E-state index contributed by atoms with van der Waals surface area (Å²) < 4.78 is 0. The van der Waals surface area contributed by atoms with Crippen LogP contribution in [0.1, 0.15) is 37.6 Å². The lowest BCUT2D eigenvalue weighted by Crippen LogP contribution is -2.31. The van der Waals surface area contributed by atoms with Crippen LogP contribution in [0.3, 0.4) is 0 Å². The number of rotatable bonds is 4. The quantitative estimate of drug-likeness (QED) is 0.840. The zero-order valence-electron chi connectivity index (χ0n) is 10.5. The van der Waals surface area contributed by atoms with Gasteiger partial charge in [-0.05, 0) is 24.0 Å². The number of carbonyl (C=O) groups excluding carboxylic acids is 1. The second-order valence-electron chi connectivity index (χ2n) is 5.31. The standard InChI is InChI=1S/C13H19ClN2O/c1-13(2,3)7-11(14)9-16-12(17)10-5-4-6-15-8-10/h4-6,8,11H,7,9H2,1-3H3,(H,16,17). The third-order valence-electron chi connectivity index (χ3n) is 2.24. The fourth-order valence-electron chi connectivity index (χ4n) is 1.54. The van der Waals surface area contributed by atoms with Gasteiger partial charge in [-0.3, -0.25) is 9.78 Å². The van der Waals surface area contributed by atoms with E-state index in [-0.39, 0.29) is 16.7 Å². The van der Waals surface area contributed by atoms with Crippen LogP contribution in [0.4, 0.5) is 0 Å². The van der Waals surface area contributed by atoms with Crippen LogP contribution in [0.15, 0.2) is 24.5 Å². The summed E-state index contributed by atoms with van der Waals surface area (Å²) in [7, 11) is 0. The van der Waals surface area contributed by atoms with Gasteiger partial charge in [0.15, 0.2) is 0 Å². The minimum atomic E-state index is -0.127. The Morgan fingerprint density at radius 2 is 2.24 bits per heavy atom. The van der Waals surface area contributed by atoms with Gasteiger partial charge < -0.3 is 5.32 Å². The number of carbonyl (C=O) groups is 1. The molecule has 1 atom stereocenters. The Labute approximate surface area is 108 Å². The molecule has 1 heterocycles. The zero-order valence-corrected chi connectivity index (χ0v) is 11.3. The molecule has 3 nitrogen and oxygen atoms in total. The van der Waals surface area contributed by atoms with Gasteiger partial charge in [-0.2, -0.15) is 0 Å². The molecule has 0 aliphatic heterocycles. The summed E-state index contributed by atoms with van der Waals surface area (Å²) in [4.78, 5) is 15.6. The average molecular weight is 255 g/mol. The van der Waals surface area contributed by atoms with E-state index in [2.05, 4.69) is 31.1 Å². The summed E-state index contributed by atoms with van der Waals surface area (Å²) in [5, 5.41) is 2.76. The Hall–Kier alpha value is -1.09. The van der Waals surface area contributed by atoms with Crippen molar-refractivity contribution in [2.24, 2.45) is 5.41 Å². The maximum absolute atomic E-state index is 11.7. The molecule has 1 amide bonds. The van der Waals surface area contributed by atoms with Gasteiger partial charge in [-0.15, -0.1) is 11.6 Å². The molecule has 17 heavy (non-hydrogen) atoms. The lowest BCUT2D eigenvalue weighted by Gasteiger charge is -2.21. The fraction of sp³-hybridized carbons (Fsp3) is 0.538. The molecule has 94 valence electrons. The highest BCUT2D eigenvalue weighted by Gasteiger charge is 2.17. The van der Waals surface area contributed by atoms with Crippen molar-refractivity contribution in [2.45, 2.75) is 32.6 Å². The predicted molar refractivity (Wildman–Crippen MR) is 70.3 cm³/mol. The molecule has 0 bridgehead atoms. The number of hydrogen-bond donors (Lipinski definition) is 1. The number of pyridine rings is 1. The van der Waals surface area contributed by atoms with Gasteiger partial charge in [-0.25, -0.2) is 0 Å². The van der Waals surface area contributed by atoms with Crippen LogP contribution in [-0.2, 0) is 0 Å². The predicted octanol–water partition coefficient (Wildman–Crippen LogP) is 2.86. The molecule has 1 aromatic rings. The van der Waals surface area contributed by atoms with Crippen molar-refractivity contribution >= 4 is 17.5 Å². The first-order chi connectivity index (χ1) is 7.88. The number of aromatic nitrogens is 1. The topological polar surface area (TPSA) is 42.0 Å². The Morgan fingerprint density at radius 3 is 2.76 bits per heavy atom. The van der Waals surface area contributed by atoms with Gasteiger partial charge in [0.25, 0.3) is 5.91 Å². The first-order valence-corrected chi connectivity index (χ1v) is 6.14. The van der Waals surface area contributed by atoms with E-state index in [0.717, 1.165) is 6.42 Å².